The Hall–Kier alpha value is -3.69. The Morgan fingerprint density at radius 3 is 2.54 bits per heavy atom. The van der Waals surface area contributed by atoms with Gasteiger partial charge in [0.15, 0.2) is 0 Å². The summed E-state index contributed by atoms with van der Waals surface area (Å²) in [5, 5.41) is 3.90. The molecule has 1 aromatic heterocycles. The number of carbonyl (C=O) groups is 2. The van der Waals surface area contributed by atoms with E-state index >= 15 is 0 Å². The number of benzene rings is 2. The van der Waals surface area contributed by atoms with E-state index in [0.717, 1.165) is 63.9 Å². The summed E-state index contributed by atoms with van der Waals surface area (Å²) in [7, 11) is -3.26. The van der Waals surface area contributed by atoms with Crippen molar-refractivity contribution >= 4 is 44.0 Å². The van der Waals surface area contributed by atoms with Gasteiger partial charge in [0, 0.05) is 35.4 Å². The largest absolute Gasteiger partial charge is 0.366 e. The number of anilines is 1. The van der Waals surface area contributed by atoms with Gasteiger partial charge >= 0.3 is 0 Å². The van der Waals surface area contributed by atoms with Gasteiger partial charge in [0.1, 0.15) is 0 Å². The van der Waals surface area contributed by atoms with Crippen molar-refractivity contribution < 1.29 is 18.0 Å². The number of carbonyl (C=O) groups excluding carboxylic acids is 2. The molecule has 1 aliphatic heterocycles. The molecule has 1 aliphatic carbocycles. The highest BCUT2D eigenvalue weighted by Gasteiger charge is 2.23. The topological polar surface area (TPSA) is 125 Å². The van der Waals surface area contributed by atoms with Crippen LogP contribution in [0.5, 0.6) is 0 Å². The summed E-state index contributed by atoms with van der Waals surface area (Å²) < 4.78 is 25.2. The zero-order valence-electron chi connectivity index (χ0n) is 20.9. The molecule has 8 nitrogen and oxygen atoms in total. The molecular formula is C28H30N4O4S. The number of nitrogens with two attached hydrogens (primary N) is 1. The van der Waals surface area contributed by atoms with Gasteiger partial charge in [-0.2, -0.15) is 4.31 Å². The van der Waals surface area contributed by atoms with Crippen molar-refractivity contribution in [3.63, 3.8) is 0 Å². The number of allylic oxidation sites excluding steroid dienone is 1. The normalized spacial score (nSPS) is 16.5. The average Bonchev–Trinajstić information content (AvgIpc) is 3.55. The second kappa shape index (κ2) is 9.64. The Bertz CT molecular complexity index is 1600. The summed E-state index contributed by atoms with van der Waals surface area (Å²) in [5.74, 6) is -0.600. The highest BCUT2D eigenvalue weighted by Crippen LogP contribution is 2.37. The maximum absolute atomic E-state index is 12.7. The Balaban J connectivity index is 1.56. The smallest absolute Gasteiger partial charge is 0.251 e. The molecule has 0 radical (unpaired) electrons. The molecule has 0 fully saturated rings. The van der Waals surface area contributed by atoms with Gasteiger partial charge in [-0.3, -0.25) is 9.59 Å². The van der Waals surface area contributed by atoms with E-state index in [2.05, 4.69) is 10.3 Å². The van der Waals surface area contributed by atoms with Crippen LogP contribution in [0.4, 0.5) is 5.69 Å². The molecule has 0 unspecified atom stereocenters. The predicted octanol–water partition coefficient (Wildman–Crippen LogP) is 4.34. The highest BCUT2D eigenvalue weighted by atomic mass is 32.2. The van der Waals surface area contributed by atoms with Gasteiger partial charge in [-0.25, -0.2) is 8.42 Å². The van der Waals surface area contributed by atoms with Crippen LogP contribution in [0.1, 0.15) is 47.3 Å². The SMILES string of the molecule is Cc1c(NC(=O)C2=CCCC2)cccc1-c1ccc(C(N)=O)c2[nH]c(C3=CCN(S(C)(=O)=O)CC3)cc12. The number of rotatable bonds is 6. The van der Waals surface area contributed by atoms with Crippen LogP contribution in [0.2, 0.25) is 0 Å². The zero-order valence-corrected chi connectivity index (χ0v) is 21.7. The van der Waals surface area contributed by atoms with Crippen LogP contribution < -0.4 is 11.1 Å². The molecule has 0 atom stereocenters. The number of hydrogen-bond acceptors (Lipinski definition) is 4. The third kappa shape index (κ3) is 4.84. The summed E-state index contributed by atoms with van der Waals surface area (Å²) in [6.45, 7) is 2.67. The molecule has 4 N–H and O–H groups in total. The lowest BCUT2D eigenvalue weighted by Crippen LogP contribution is -2.33. The van der Waals surface area contributed by atoms with Gasteiger partial charge in [-0.15, -0.1) is 0 Å². The fraction of sp³-hybridized carbons (Fsp3) is 0.286. The van der Waals surface area contributed by atoms with E-state index in [-0.39, 0.29) is 5.91 Å². The van der Waals surface area contributed by atoms with Crippen LogP contribution in [0.3, 0.4) is 0 Å². The third-order valence-corrected chi connectivity index (χ3v) is 8.52. The number of H-pyrrole nitrogens is 1. The van der Waals surface area contributed by atoms with Gasteiger partial charge in [-0.05, 0) is 73.1 Å². The lowest BCUT2D eigenvalue weighted by Gasteiger charge is -2.23. The van der Waals surface area contributed by atoms with Crippen molar-refractivity contribution in [3.8, 4) is 11.1 Å². The van der Waals surface area contributed by atoms with E-state index < -0.39 is 15.9 Å². The van der Waals surface area contributed by atoms with Crippen molar-refractivity contribution in [1.29, 1.82) is 0 Å². The van der Waals surface area contributed by atoms with E-state index in [4.69, 9.17) is 5.73 Å². The molecule has 0 bridgehead atoms. The molecule has 37 heavy (non-hydrogen) atoms. The summed E-state index contributed by atoms with van der Waals surface area (Å²) in [6.07, 6.45) is 8.40. The maximum Gasteiger partial charge on any atom is 0.251 e. The first-order valence-electron chi connectivity index (χ1n) is 12.3. The van der Waals surface area contributed by atoms with Crippen LogP contribution >= 0.6 is 0 Å². The molecule has 9 heteroatoms. The molecule has 2 heterocycles. The molecule has 192 valence electrons. The number of sulfonamides is 1. The number of primary amides is 1. The summed E-state index contributed by atoms with van der Waals surface area (Å²) in [4.78, 5) is 28.3. The molecule has 2 aliphatic rings. The van der Waals surface area contributed by atoms with E-state index in [9.17, 15) is 18.0 Å². The number of aromatic amines is 1. The molecule has 0 spiro atoms. The molecule has 5 rings (SSSR count). The minimum absolute atomic E-state index is 0.0664. The Labute approximate surface area is 216 Å². The Kier molecular flexibility index (Phi) is 6.51. The van der Waals surface area contributed by atoms with E-state index in [0.29, 0.717) is 30.6 Å². The Morgan fingerprint density at radius 2 is 1.89 bits per heavy atom. The molecule has 0 saturated carbocycles. The summed E-state index contributed by atoms with van der Waals surface area (Å²) in [6, 6.07) is 11.4. The Morgan fingerprint density at radius 1 is 1.08 bits per heavy atom. The first-order chi connectivity index (χ1) is 17.6. The number of fused-ring (bicyclic) bond motifs is 1. The lowest BCUT2D eigenvalue weighted by molar-refractivity contribution is -0.112. The second-order valence-corrected chi connectivity index (χ2v) is 11.6. The van der Waals surface area contributed by atoms with Crippen molar-refractivity contribution in [1.82, 2.24) is 9.29 Å². The fourth-order valence-electron chi connectivity index (χ4n) is 5.17. The van der Waals surface area contributed by atoms with Crippen molar-refractivity contribution in [2.24, 2.45) is 5.73 Å². The van der Waals surface area contributed by atoms with Crippen LogP contribution in [0.25, 0.3) is 27.6 Å². The maximum atomic E-state index is 12.7. The first kappa shape index (κ1) is 25.0. The van der Waals surface area contributed by atoms with Gasteiger partial charge in [0.05, 0.1) is 17.3 Å². The third-order valence-electron chi connectivity index (χ3n) is 7.25. The minimum Gasteiger partial charge on any atom is -0.366 e. The van der Waals surface area contributed by atoms with Gasteiger partial charge in [0.25, 0.3) is 11.8 Å². The molecule has 3 aromatic rings. The molecule has 2 aromatic carbocycles. The first-order valence-corrected chi connectivity index (χ1v) is 14.2. The zero-order chi connectivity index (χ0) is 26.3. The molecule has 2 amide bonds. The molecule has 0 saturated heterocycles. The number of nitrogens with zero attached hydrogens (tertiary/aromatic N) is 1. The van der Waals surface area contributed by atoms with Crippen LogP contribution in [-0.4, -0.2) is 48.9 Å². The van der Waals surface area contributed by atoms with Crippen molar-refractivity contribution in [2.45, 2.75) is 32.6 Å². The summed E-state index contributed by atoms with van der Waals surface area (Å²) in [5.41, 5.74) is 12.9. The van der Waals surface area contributed by atoms with E-state index in [1.54, 1.807) is 6.07 Å². The minimum atomic E-state index is -3.26. The second-order valence-electron chi connectivity index (χ2n) is 9.65. The van der Waals surface area contributed by atoms with Crippen LogP contribution in [-0.2, 0) is 14.8 Å². The van der Waals surface area contributed by atoms with Gasteiger partial charge in [0.2, 0.25) is 10.0 Å². The predicted molar refractivity (Wildman–Crippen MR) is 147 cm³/mol. The van der Waals surface area contributed by atoms with Gasteiger partial charge in [-0.1, -0.05) is 30.4 Å². The van der Waals surface area contributed by atoms with Crippen LogP contribution in [0.15, 0.2) is 54.1 Å². The molecular weight excluding hydrogens is 488 g/mol. The van der Waals surface area contributed by atoms with Crippen molar-refractivity contribution in [2.75, 3.05) is 24.7 Å². The quantitative estimate of drug-likeness (QED) is 0.449. The van der Waals surface area contributed by atoms with E-state index in [1.807, 2.05) is 49.4 Å². The summed E-state index contributed by atoms with van der Waals surface area (Å²) >= 11 is 0. The monoisotopic (exact) mass is 518 g/mol. The standard InChI is InChI=1S/C28H30N4O4S/c1-17-20(8-5-9-24(17)31-28(34)19-6-3-4-7-19)21-10-11-22(27(29)33)26-23(21)16-25(30-26)18-12-14-32(15-13-18)37(2,35)36/h5-6,8-12,16,30H,3-4,7,13-15H2,1-2H3,(H2,29,33)(H,31,34). The van der Waals surface area contributed by atoms with E-state index in [1.165, 1.54) is 10.6 Å². The van der Waals surface area contributed by atoms with Gasteiger partial charge < -0.3 is 16.0 Å². The lowest BCUT2D eigenvalue weighted by atomic mass is 9.94. The number of hydrogen-bond donors (Lipinski definition) is 3. The average molecular weight is 519 g/mol. The number of nitrogens with one attached hydrogen (secondary N) is 2. The highest BCUT2D eigenvalue weighted by molar-refractivity contribution is 7.88. The fourth-order valence-corrected chi connectivity index (χ4v) is 5.94. The number of aromatic nitrogens is 1. The van der Waals surface area contributed by atoms with Crippen molar-refractivity contribution in [3.05, 3.63) is 70.9 Å². The van der Waals surface area contributed by atoms with Crippen LogP contribution in [0, 0.1) is 6.92 Å². The number of amides is 2.